The molecular weight excluding hydrogens is 363 g/mol. The number of amides is 1. The van der Waals surface area contributed by atoms with E-state index < -0.39 is 23.8 Å². The summed E-state index contributed by atoms with van der Waals surface area (Å²) in [7, 11) is 0. The monoisotopic (exact) mass is 380 g/mol. The summed E-state index contributed by atoms with van der Waals surface area (Å²) in [4.78, 5) is 28.1. The molecule has 138 valence electrons. The number of carboxylic acids is 1. The van der Waals surface area contributed by atoms with Crippen molar-refractivity contribution in [2.45, 2.75) is 25.0 Å². The molecule has 1 fully saturated rings. The lowest BCUT2D eigenvalue weighted by molar-refractivity contribution is -0.144. The summed E-state index contributed by atoms with van der Waals surface area (Å²) in [6.45, 7) is 0.450. The fraction of sp³-hybridized carbons (Fsp3) is 0.353. The first-order chi connectivity index (χ1) is 12.5. The molecule has 3 rings (SSSR count). The molecule has 0 radical (unpaired) electrons. The van der Waals surface area contributed by atoms with Gasteiger partial charge in [0.1, 0.15) is 27.6 Å². The van der Waals surface area contributed by atoms with E-state index in [0.29, 0.717) is 11.5 Å². The van der Waals surface area contributed by atoms with E-state index in [1.807, 2.05) is 0 Å². The molecule has 0 aliphatic carbocycles. The number of rotatable bonds is 7. The van der Waals surface area contributed by atoms with Gasteiger partial charge in [0.05, 0.1) is 12.7 Å². The number of thiazole rings is 1. The highest BCUT2D eigenvalue weighted by Crippen LogP contribution is 2.31. The Morgan fingerprint density at radius 1 is 1.42 bits per heavy atom. The number of carbonyl (C=O) groups is 2. The van der Waals surface area contributed by atoms with Crippen molar-refractivity contribution in [2.75, 3.05) is 13.2 Å². The van der Waals surface area contributed by atoms with Crippen molar-refractivity contribution in [3.8, 4) is 5.75 Å². The predicted molar refractivity (Wildman–Crippen MR) is 90.8 cm³/mol. The molecule has 1 amide bonds. The third-order valence-electron chi connectivity index (χ3n) is 3.77. The van der Waals surface area contributed by atoms with Gasteiger partial charge in [0, 0.05) is 6.61 Å². The molecule has 7 nitrogen and oxygen atoms in total. The van der Waals surface area contributed by atoms with E-state index in [4.69, 9.17) is 9.47 Å². The maximum absolute atomic E-state index is 12.9. The molecule has 2 aromatic rings. The second-order valence-corrected chi connectivity index (χ2v) is 6.74. The molecule has 9 heteroatoms. The highest BCUT2D eigenvalue weighted by atomic mass is 32.1. The Labute approximate surface area is 152 Å². The van der Waals surface area contributed by atoms with Gasteiger partial charge in [-0.15, -0.1) is 11.3 Å². The molecule has 0 saturated carbocycles. The zero-order chi connectivity index (χ0) is 18.5. The molecule has 2 atom stereocenters. The number of nitrogens with zero attached hydrogens (tertiary/aromatic N) is 1. The van der Waals surface area contributed by atoms with E-state index in [-0.39, 0.29) is 18.4 Å². The summed E-state index contributed by atoms with van der Waals surface area (Å²) in [6, 6.07) is 4.97. The predicted octanol–water partition coefficient (Wildman–Crippen LogP) is 2.40. The fourth-order valence-electron chi connectivity index (χ4n) is 2.44. The smallest absolute Gasteiger partial charge is 0.346 e. The standard InChI is InChI=1S/C17H17FN2O5S/c18-10-3-5-11(6-4-10)25-13(17(22)23)8-19-15(21)14-9-20-16(26-14)12-2-1-7-24-12/h3-6,9,12-13H,1-2,7-8H2,(H,19,21)(H,22,23). The average Bonchev–Trinajstić information content (AvgIpc) is 3.30. The SMILES string of the molecule is O=C(NCC(Oc1ccc(F)cc1)C(=O)O)c1cnc(C2CCCO2)s1. The van der Waals surface area contributed by atoms with Crippen LogP contribution >= 0.6 is 11.3 Å². The third-order valence-corrected chi connectivity index (χ3v) is 4.86. The van der Waals surface area contributed by atoms with Crippen LogP contribution in [0.15, 0.2) is 30.5 Å². The first-order valence-corrected chi connectivity index (χ1v) is 8.85. The van der Waals surface area contributed by atoms with Gasteiger partial charge in [-0.05, 0) is 37.1 Å². The van der Waals surface area contributed by atoms with Gasteiger partial charge in [0.15, 0.2) is 0 Å². The molecule has 2 heterocycles. The van der Waals surface area contributed by atoms with Crippen molar-refractivity contribution in [1.29, 1.82) is 0 Å². The first-order valence-electron chi connectivity index (χ1n) is 8.03. The fourth-order valence-corrected chi connectivity index (χ4v) is 3.36. The van der Waals surface area contributed by atoms with E-state index in [2.05, 4.69) is 10.3 Å². The molecule has 0 spiro atoms. The Bertz CT molecular complexity index is 774. The topological polar surface area (TPSA) is 97.8 Å². The van der Waals surface area contributed by atoms with Crippen LogP contribution in [0.1, 0.15) is 33.6 Å². The summed E-state index contributed by atoms with van der Waals surface area (Å²) in [5.41, 5.74) is 0. The van der Waals surface area contributed by atoms with Gasteiger partial charge < -0.3 is 19.9 Å². The number of carboxylic acid groups (broad SMARTS) is 1. The molecule has 0 bridgehead atoms. The number of nitrogens with one attached hydrogen (secondary N) is 1. The van der Waals surface area contributed by atoms with Crippen LogP contribution in [0, 0.1) is 5.82 Å². The van der Waals surface area contributed by atoms with E-state index in [1.54, 1.807) is 0 Å². The van der Waals surface area contributed by atoms with E-state index in [0.717, 1.165) is 30.0 Å². The molecule has 1 aromatic carbocycles. The summed E-state index contributed by atoms with van der Waals surface area (Å²) in [6.07, 6.45) is 1.92. The van der Waals surface area contributed by atoms with Gasteiger partial charge in [0.25, 0.3) is 5.91 Å². The van der Waals surface area contributed by atoms with Gasteiger partial charge in [-0.2, -0.15) is 0 Å². The van der Waals surface area contributed by atoms with Crippen molar-refractivity contribution in [3.63, 3.8) is 0 Å². The number of hydrogen-bond donors (Lipinski definition) is 2. The van der Waals surface area contributed by atoms with Crippen molar-refractivity contribution in [1.82, 2.24) is 10.3 Å². The van der Waals surface area contributed by atoms with Gasteiger partial charge in [-0.25, -0.2) is 14.2 Å². The zero-order valence-corrected chi connectivity index (χ0v) is 14.5. The Morgan fingerprint density at radius 3 is 2.85 bits per heavy atom. The summed E-state index contributed by atoms with van der Waals surface area (Å²) in [5, 5.41) is 12.5. The van der Waals surface area contributed by atoms with Crippen LogP contribution in [-0.2, 0) is 9.53 Å². The molecule has 1 aromatic heterocycles. The van der Waals surface area contributed by atoms with Crippen molar-refractivity contribution in [3.05, 3.63) is 46.2 Å². The van der Waals surface area contributed by atoms with Crippen LogP contribution in [0.5, 0.6) is 5.75 Å². The van der Waals surface area contributed by atoms with Crippen LogP contribution in [0.2, 0.25) is 0 Å². The lowest BCUT2D eigenvalue weighted by atomic mass is 10.2. The minimum absolute atomic E-state index is 0.0740. The number of halogens is 1. The largest absolute Gasteiger partial charge is 0.478 e. The van der Waals surface area contributed by atoms with Gasteiger partial charge in [0.2, 0.25) is 6.10 Å². The maximum Gasteiger partial charge on any atom is 0.346 e. The number of hydrogen-bond acceptors (Lipinski definition) is 6. The van der Waals surface area contributed by atoms with Crippen molar-refractivity contribution >= 4 is 23.2 Å². The molecule has 2 unspecified atom stereocenters. The second-order valence-electron chi connectivity index (χ2n) is 5.67. The zero-order valence-electron chi connectivity index (χ0n) is 13.7. The summed E-state index contributed by atoms with van der Waals surface area (Å²) in [5.74, 6) is -1.92. The van der Waals surface area contributed by atoms with Crippen molar-refractivity contribution in [2.24, 2.45) is 0 Å². The first kappa shape index (κ1) is 18.3. The minimum Gasteiger partial charge on any atom is -0.478 e. The van der Waals surface area contributed by atoms with Gasteiger partial charge in [-0.1, -0.05) is 0 Å². The van der Waals surface area contributed by atoms with E-state index in [9.17, 15) is 19.1 Å². The normalized spacial score (nSPS) is 17.7. The minimum atomic E-state index is -1.30. The van der Waals surface area contributed by atoms with Crippen LogP contribution in [0.4, 0.5) is 4.39 Å². The van der Waals surface area contributed by atoms with Crippen LogP contribution in [-0.4, -0.2) is 41.2 Å². The highest BCUT2D eigenvalue weighted by molar-refractivity contribution is 7.13. The number of ether oxygens (including phenoxy) is 2. The highest BCUT2D eigenvalue weighted by Gasteiger charge is 2.24. The number of carbonyl (C=O) groups excluding carboxylic acids is 1. The summed E-state index contributed by atoms with van der Waals surface area (Å²) < 4.78 is 23.7. The molecule has 1 saturated heterocycles. The van der Waals surface area contributed by atoms with Crippen molar-refractivity contribution < 1.29 is 28.6 Å². The lowest BCUT2D eigenvalue weighted by Crippen LogP contribution is -2.40. The number of aromatic nitrogens is 1. The van der Waals surface area contributed by atoms with Crippen LogP contribution in [0.25, 0.3) is 0 Å². The third kappa shape index (κ3) is 4.55. The molecule has 1 aliphatic rings. The molecule has 1 aliphatic heterocycles. The number of aliphatic carboxylic acids is 1. The maximum atomic E-state index is 12.9. The van der Waals surface area contributed by atoms with Gasteiger partial charge in [-0.3, -0.25) is 4.79 Å². The lowest BCUT2D eigenvalue weighted by Gasteiger charge is -2.15. The quantitative estimate of drug-likeness (QED) is 0.765. The Balaban J connectivity index is 1.57. The van der Waals surface area contributed by atoms with Crippen LogP contribution in [0.3, 0.4) is 0 Å². The van der Waals surface area contributed by atoms with E-state index in [1.165, 1.54) is 29.7 Å². The second kappa shape index (κ2) is 8.24. The average molecular weight is 380 g/mol. The number of benzene rings is 1. The Hall–Kier alpha value is -2.52. The van der Waals surface area contributed by atoms with Gasteiger partial charge >= 0.3 is 5.97 Å². The Morgan fingerprint density at radius 2 is 2.19 bits per heavy atom. The Kier molecular flexibility index (Phi) is 5.79. The molecule has 2 N–H and O–H groups in total. The van der Waals surface area contributed by atoms with E-state index >= 15 is 0 Å². The molecule has 26 heavy (non-hydrogen) atoms. The van der Waals surface area contributed by atoms with Crippen LogP contribution < -0.4 is 10.1 Å². The molecular formula is C17H17FN2O5S. The summed E-state index contributed by atoms with van der Waals surface area (Å²) >= 11 is 1.23.